The van der Waals surface area contributed by atoms with Crippen LogP contribution < -0.4 is 14.3 Å². The van der Waals surface area contributed by atoms with E-state index in [1.807, 2.05) is 47.6 Å². The average molecular weight is 426 g/mol. The third-order valence-corrected chi connectivity index (χ3v) is 10.9. The molecule has 0 bridgehead atoms. The van der Waals surface area contributed by atoms with Crippen molar-refractivity contribution in [3.8, 4) is 0 Å². The second-order valence-electron chi connectivity index (χ2n) is 8.55. The predicted octanol–water partition coefficient (Wildman–Crippen LogP) is 3.51. The van der Waals surface area contributed by atoms with Gasteiger partial charge < -0.3 is 14.8 Å². The molecule has 0 fully saturated rings. The molecule has 3 aromatic rings. The highest BCUT2D eigenvalue weighted by Gasteiger charge is 2.41. The van der Waals surface area contributed by atoms with Crippen molar-refractivity contribution in [2.24, 2.45) is 0 Å². The molecule has 3 rings (SSSR count). The molecule has 1 N–H and O–H groups in total. The van der Waals surface area contributed by atoms with Crippen molar-refractivity contribution in [1.29, 1.82) is 0 Å². The van der Waals surface area contributed by atoms with Gasteiger partial charge in [-0.3, -0.25) is 4.98 Å². The Bertz CT molecular complexity index is 1020. The molecule has 0 saturated heterocycles. The number of nitrogens with zero attached hydrogens (tertiary/aromatic N) is 1. The largest absolute Gasteiger partial charge is 0.444 e. The zero-order chi connectivity index (χ0) is 21.2. The van der Waals surface area contributed by atoms with E-state index in [1.54, 1.807) is 33.2 Å². The highest BCUT2D eigenvalue weighted by molar-refractivity contribution is 7.24. The van der Waals surface area contributed by atoms with Gasteiger partial charge in [-0.15, -0.1) is 22.0 Å². The van der Waals surface area contributed by atoms with E-state index in [0.29, 0.717) is 0 Å². The van der Waals surface area contributed by atoms with Crippen LogP contribution in [0, 0.1) is 0 Å². The number of fused-ring (bicyclic) bond motifs is 1. The molecule has 0 saturated carbocycles. The molecule has 0 aliphatic rings. The van der Waals surface area contributed by atoms with Crippen LogP contribution in [-0.4, -0.2) is 40.4 Å². The molecule has 2 atom stereocenters. The van der Waals surface area contributed by atoms with Crippen LogP contribution in [0.5, 0.6) is 0 Å². The summed E-state index contributed by atoms with van der Waals surface area (Å²) in [7, 11) is 0. The van der Waals surface area contributed by atoms with Crippen molar-refractivity contribution >= 4 is 54.9 Å². The Kier molecular flexibility index (Phi) is 6.14. The number of ether oxygens (including phenoxy) is 1. The van der Waals surface area contributed by atoms with Gasteiger partial charge in [0.15, 0.2) is 0 Å². The molecule has 0 aliphatic carbocycles. The van der Waals surface area contributed by atoms with Crippen LogP contribution in [-0.2, 0) is 9.53 Å². The number of carbonyl (C=O) groups excluding carboxylic acids is 2. The molecule has 2 aromatic carbocycles. The van der Waals surface area contributed by atoms with Gasteiger partial charge in [-0.2, -0.15) is 5.79 Å². The van der Waals surface area contributed by atoms with E-state index >= 15 is 0 Å². The number of alkyl carbamates (subject to hydrolysis) is 1. The van der Waals surface area contributed by atoms with E-state index in [4.69, 9.17) is 4.74 Å². The molecular weight excluding hydrogens is 399 g/mol. The lowest BCUT2D eigenvalue weighted by molar-refractivity contribution is -0.114. The fourth-order valence-electron chi connectivity index (χ4n) is 3.77. The van der Waals surface area contributed by atoms with Gasteiger partial charge in [0, 0.05) is 6.04 Å². The predicted molar refractivity (Wildman–Crippen MR) is 121 cm³/mol. The third kappa shape index (κ3) is 4.53. The third-order valence-electron chi connectivity index (χ3n) is 5.22. The van der Waals surface area contributed by atoms with Crippen molar-refractivity contribution in [2.45, 2.75) is 45.1 Å². The van der Waals surface area contributed by atoms with Crippen LogP contribution in [0.1, 0.15) is 27.7 Å². The molecule has 152 valence electrons. The summed E-state index contributed by atoms with van der Waals surface area (Å²) < 4.78 is 7.23. The molecular formula is C22H26AlN2O3S-. The summed E-state index contributed by atoms with van der Waals surface area (Å²) in [6.07, 6.45) is -0.587. The lowest BCUT2D eigenvalue weighted by Crippen LogP contribution is -2.67. The van der Waals surface area contributed by atoms with Crippen LogP contribution in [0.15, 0.2) is 53.4 Å². The van der Waals surface area contributed by atoms with E-state index in [0.717, 1.165) is 19.8 Å². The van der Waals surface area contributed by atoms with Gasteiger partial charge in [-0.05, 0) is 43.1 Å². The Hall–Kier alpha value is -2.20. The minimum atomic E-state index is -3.30. The lowest BCUT2D eigenvalue weighted by atomic mass is 10.1. The first-order chi connectivity index (χ1) is 13.6. The summed E-state index contributed by atoms with van der Waals surface area (Å²) >= 11 is -1.81. The number of hydrogen-bond acceptors (Lipinski definition) is 5. The van der Waals surface area contributed by atoms with Crippen LogP contribution in [0.3, 0.4) is 0 Å². The van der Waals surface area contributed by atoms with Gasteiger partial charge in [0.25, 0.3) is 0 Å². The van der Waals surface area contributed by atoms with Gasteiger partial charge in [-0.25, -0.2) is 9.22 Å². The molecule has 5 nitrogen and oxygen atoms in total. The van der Waals surface area contributed by atoms with Crippen LogP contribution >= 0.6 is 11.3 Å². The highest BCUT2D eigenvalue weighted by atomic mass is 32.1. The SMILES string of the molecule is C[C@H](NC(=O)OC(C)(C)C)[C](=O)[Al-]([CH3])([c]1cscn1)[c]1cccc2ccccc12. The second kappa shape index (κ2) is 8.27. The minimum absolute atomic E-state index is 0.0191. The van der Waals surface area contributed by atoms with Crippen LogP contribution in [0.4, 0.5) is 4.79 Å². The van der Waals surface area contributed by atoms with Gasteiger partial charge in [-0.1, -0.05) is 41.8 Å². The fourth-order valence-corrected chi connectivity index (χ4v) is 9.40. The standard InChI is InChI=1S/C10H7.C8H14NO3.C3H2NS.CH3.Al/c1-2-6-10-8-4-3-7-9(10)5-1;1-6(5-10)9-7(11)12-8(2,3)4;1-2-5-3-4-1;;/h1-7H;6H,1-4H3,(H,9,11);2-3H;1H3;/q;;;;-1/t;6-;;;/m.0.../s1. The Balaban J connectivity index is 2.04. The van der Waals surface area contributed by atoms with Gasteiger partial charge in [0.1, 0.15) is 5.60 Å². The molecule has 0 radical (unpaired) electrons. The fraction of sp³-hybridized carbons (Fsp3) is 0.318. The summed E-state index contributed by atoms with van der Waals surface area (Å²) in [6, 6.07) is 13.5. The van der Waals surface area contributed by atoms with E-state index < -0.39 is 30.8 Å². The Morgan fingerprint density at radius 3 is 2.48 bits per heavy atom. The van der Waals surface area contributed by atoms with E-state index in [2.05, 4.69) is 16.4 Å². The molecule has 1 unspecified atom stereocenters. The quantitative estimate of drug-likeness (QED) is 0.635. The first-order valence-electron chi connectivity index (χ1n) is 9.73. The maximum absolute atomic E-state index is 13.8. The number of thiazole rings is 1. The van der Waals surface area contributed by atoms with Crippen molar-refractivity contribution in [2.75, 3.05) is 0 Å². The summed E-state index contributed by atoms with van der Waals surface area (Å²) in [4.78, 5) is 30.6. The smallest absolute Gasteiger partial charge is 0.408 e. The average Bonchev–Trinajstić information content (AvgIpc) is 3.20. The lowest BCUT2D eigenvalue weighted by Gasteiger charge is -2.35. The van der Waals surface area contributed by atoms with Crippen molar-refractivity contribution in [1.82, 2.24) is 10.3 Å². The monoisotopic (exact) mass is 425 g/mol. The molecule has 0 aliphatic heterocycles. The van der Waals surface area contributed by atoms with Crippen LogP contribution in [0.2, 0.25) is 5.79 Å². The van der Waals surface area contributed by atoms with E-state index in [-0.39, 0.29) is 4.65 Å². The molecule has 1 heterocycles. The zero-order valence-corrected chi connectivity index (χ0v) is 19.4. The number of hydrogen-bond donors (Lipinski definition) is 1. The summed E-state index contributed by atoms with van der Waals surface area (Å²) in [6.45, 7) is 7.11. The number of aromatic nitrogens is 1. The molecule has 1 aromatic heterocycles. The first-order valence-corrected chi connectivity index (χ1v) is 13.6. The Labute approximate surface area is 177 Å². The minimum Gasteiger partial charge on any atom is -0.444 e. The van der Waals surface area contributed by atoms with Crippen molar-refractivity contribution in [3.05, 3.63) is 53.4 Å². The normalized spacial score (nSPS) is 14.8. The number of benzene rings is 2. The number of amides is 1. The zero-order valence-electron chi connectivity index (χ0n) is 17.4. The molecule has 29 heavy (non-hydrogen) atoms. The highest BCUT2D eigenvalue weighted by Crippen LogP contribution is 2.18. The van der Waals surface area contributed by atoms with Crippen molar-refractivity contribution < 1.29 is 14.3 Å². The van der Waals surface area contributed by atoms with Gasteiger partial charge in [0.2, 0.25) is 0 Å². The number of rotatable bonds is 5. The molecule has 7 heteroatoms. The number of nitrogens with one attached hydrogen (secondary N) is 1. The first kappa shape index (κ1) is 21.5. The van der Waals surface area contributed by atoms with Crippen molar-refractivity contribution in [3.63, 3.8) is 0 Å². The Morgan fingerprint density at radius 2 is 1.83 bits per heavy atom. The number of carbonyl (C=O) groups is 2. The maximum atomic E-state index is 13.8. The van der Waals surface area contributed by atoms with Gasteiger partial charge in [0.05, 0.1) is 5.51 Å². The molecule has 0 spiro atoms. The van der Waals surface area contributed by atoms with Crippen LogP contribution in [0.25, 0.3) is 10.8 Å². The van der Waals surface area contributed by atoms with Gasteiger partial charge >= 0.3 is 19.2 Å². The topological polar surface area (TPSA) is 68.3 Å². The molecule has 1 amide bonds. The maximum Gasteiger partial charge on any atom is 0.408 e. The summed E-state index contributed by atoms with van der Waals surface area (Å²) in [5.41, 5.74) is 1.14. The second-order valence-corrected chi connectivity index (χ2v) is 13.7. The summed E-state index contributed by atoms with van der Waals surface area (Å²) in [5, 5.41) is 6.84. The van der Waals surface area contributed by atoms with E-state index in [1.165, 1.54) is 11.3 Å². The summed E-state index contributed by atoms with van der Waals surface area (Å²) in [5.74, 6) is 2.04. The Morgan fingerprint density at radius 1 is 1.14 bits per heavy atom. The van der Waals surface area contributed by atoms with E-state index in [9.17, 15) is 9.59 Å².